The van der Waals surface area contributed by atoms with Crippen LogP contribution < -0.4 is 0 Å². The lowest BCUT2D eigenvalue weighted by Crippen LogP contribution is -2.54. The number of sulfone groups is 1. The molecule has 1 fully saturated rings. The number of hydrogen-bond donors (Lipinski definition) is 0. The van der Waals surface area contributed by atoms with Gasteiger partial charge in [0.25, 0.3) is 0 Å². The molecule has 5 nitrogen and oxygen atoms in total. The molecular weight excluding hydrogens is 266 g/mol. The first-order valence-electron chi connectivity index (χ1n) is 6.34. The molecule has 2 rings (SSSR count). The average molecular weight is 285 g/mol. The minimum Gasteiger partial charge on any atom is -0.469 e. The lowest BCUT2D eigenvalue weighted by Gasteiger charge is -2.37. The van der Waals surface area contributed by atoms with Crippen LogP contribution >= 0.6 is 0 Å². The van der Waals surface area contributed by atoms with Gasteiger partial charge in [-0.05, 0) is 26.0 Å². The fourth-order valence-corrected chi connectivity index (χ4v) is 3.57. The molecule has 106 valence electrons. The summed E-state index contributed by atoms with van der Waals surface area (Å²) < 4.78 is 28.0. The van der Waals surface area contributed by atoms with E-state index in [-0.39, 0.29) is 18.2 Å². The maximum Gasteiger partial charge on any atom is 0.223 e. The first-order valence-corrected chi connectivity index (χ1v) is 7.99. The predicted molar refractivity (Wildman–Crippen MR) is 71.5 cm³/mol. The molecule has 0 aromatic carbocycles. The topological polar surface area (TPSA) is 67.6 Å². The number of hydrogen-bond acceptors (Lipinski definition) is 4. The van der Waals surface area contributed by atoms with E-state index in [9.17, 15) is 13.2 Å². The molecule has 0 spiro atoms. The Hall–Kier alpha value is -1.30. The normalized spacial score (nSPS) is 21.3. The molecule has 1 aliphatic rings. The summed E-state index contributed by atoms with van der Waals surface area (Å²) >= 11 is 0. The summed E-state index contributed by atoms with van der Waals surface area (Å²) in [4.78, 5) is 13.7. The molecule has 0 aliphatic carbocycles. The van der Waals surface area contributed by atoms with Gasteiger partial charge >= 0.3 is 0 Å². The van der Waals surface area contributed by atoms with Crippen LogP contribution in [0.15, 0.2) is 22.8 Å². The van der Waals surface area contributed by atoms with Crippen LogP contribution in [0.1, 0.15) is 26.0 Å². The second kappa shape index (κ2) is 5.00. The largest absolute Gasteiger partial charge is 0.469 e. The van der Waals surface area contributed by atoms with E-state index in [0.717, 1.165) is 5.76 Å². The van der Waals surface area contributed by atoms with Crippen LogP contribution in [-0.4, -0.2) is 42.8 Å². The van der Waals surface area contributed by atoms with Gasteiger partial charge < -0.3 is 9.32 Å². The van der Waals surface area contributed by atoms with Crippen molar-refractivity contribution in [2.24, 2.45) is 0 Å². The van der Waals surface area contributed by atoms with Crippen molar-refractivity contribution < 1.29 is 17.6 Å². The third-order valence-electron chi connectivity index (χ3n) is 3.56. The van der Waals surface area contributed by atoms with E-state index >= 15 is 0 Å². The van der Waals surface area contributed by atoms with Crippen LogP contribution in [-0.2, 0) is 21.1 Å². The van der Waals surface area contributed by atoms with E-state index in [4.69, 9.17) is 4.42 Å². The van der Waals surface area contributed by atoms with E-state index in [0.29, 0.717) is 19.4 Å². The Balaban J connectivity index is 1.94. The summed E-state index contributed by atoms with van der Waals surface area (Å²) in [6.45, 7) is 3.91. The molecule has 1 aromatic rings. The van der Waals surface area contributed by atoms with Crippen molar-refractivity contribution in [1.82, 2.24) is 4.90 Å². The van der Waals surface area contributed by atoms with Crippen LogP contribution in [0, 0.1) is 0 Å². The molecule has 0 atom stereocenters. The van der Waals surface area contributed by atoms with E-state index < -0.39 is 14.6 Å². The zero-order chi connectivity index (χ0) is 14.1. The molecule has 1 aromatic heterocycles. The molecule has 19 heavy (non-hydrogen) atoms. The van der Waals surface area contributed by atoms with Crippen LogP contribution in [0.4, 0.5) is 0 Å². The zero-order valence-electron chi connectivity index (χ0n) is 11.3. The van der Waals surface area contributed by atoms with Crippen molar-refractivity contribution in [3.8, 4) is 0 Å². The molecule has 0 bridgehead atoms. The minimum absolute atomic E-state index is 0.0145. The van der Waals surface area contributed by atoms with Crippen molar-refractivity contribution in [3.63, 3.8) is 0 Å². The smallest absolute Gasteiger partial charge is 0.223 e. The van der Waals surface area contributed by atoms with Crippen LogP contribution in [0.3, 0.4) is 0 Å². The molecule has 2 heterocycles. The first-order chi connectivity index (χ1) is 8.82. The van der Waals surface area contributed by atoms with Crippen molar-refractivity contribution >= 4 is 15.7 Å². The van der Waals surface area contributed by atoms with Gasteiger partial charge in [0.05, 0.1) is 16.8 Å². The van der Waals surface area contributed by atoms with Gasteiger partial charge in [0, 0.05) is 25.9 Å². The number of furan rings is 1. The lowest BCUT2D eigenvalue weighted by atomic mass is 10.1. The van der Waals surface area contributed by atoms with Crippen molar-refractivity contribution in [2.45, 2.75) is 31.4 Å². The zero-order valence-corrected chi connectivity index (χ0v) is 12.1. The van der Waals surface area contributed by atoms with Gasteiger partial charge in [0.15, 0.2) is 9.84 Å². The Kier molecular flexibility index (Phi) is 3.71. The number of carbonyl (C=O) groups is 1. The van der Waals surface area contributed by atoms with E-state index in [1.54, 1.807) is 31.1 Å². The van der Waals surface area contributed by atoms with Gasteiger partial charge in [-0.25, -0.2) is 8.42 Å². The summed E-state index contributed by atoms with van der Waals surface area (Å²) in [5.41, 5.74) is 0. The molecule has 1 saturated heterocycles. The molecule has 0 unspecified atom stereocenters. The summed E-state index contributed by atoms with van der Waals surface area (Å²) in [5, 5.41) is 0. The van der Waals surface area contributed by atoms with E-state index in [1.165, 1.54) is 0 Å². The maximum absolute atomic E-state index is 12.1. The summed E-state index contributed by atoms with van der Waals surface area (Å²) in [6.07, 6.45) is 2.48. The Bertz CT molecular complexity index is 545. The quantitative estimate of drug-likeness (QED) is 0.838. The van der Waals surface area contributed by atoms with Gasteiger partial charge in [-0.2, -0.15) is 0 Å². The SMILES string of the molecule is CC1(C)CN(C(=O)CCc2ccco2)CCS1(=O)=O. The third kappa shape index (κ3) is 3.00. The second-order valence-corrected chi connectivity index (χ2v) is 8.22. The molecular formula is C13H19NO4S. The number of aryl methyl sites for hydroxylation is 1. The first kappa shape index (κ1) is 14.1. The van der Waals surface area contributed by atoms with Gasteiger partial charge in [0.1, 0.15) is 5.76 Å². The van der Waals surface area contributed by atoms with E-state index in [2.05, 4.69) is 0 Å². The molecule has 0 saturated carbocycles. The average Bonchev–Trinajstić information content (AvgIpc) is 2.82. The van der Waals surface area contributed by atoms with Crippen LogP contribution in [0.25, 0.3) is 0 Å². The van der Waals surface area contributed by atoms with Crippen molar-refractivity contribution in [3.05, 3.63) is 24.2 Å². The van der Waals surface area contributed by atoms with Gasteiger partial charge in [-0.3, -0.25) is 4.79 Å². The molecule has 0 N–H and O–H groups in total. The molecule has 0 radical (unpaired) electrons. The Morgan fingerprint density at radius 1 is 1.47 bits per heavy atom. The summed E-state index contributed by atoms with van der Waals surface area (Å²) in [7, 11) is -3.10. The third-order valence-corrected chi connectivity index (χ3v) is 6.09. The molecule has 1 aliphatic heterocycles. The van der Waals surface area contributed by atoms with Gasteiger partial charge in [0.2, 0.25) is 5.91 Å². The van der Waals surface area contributed by atoms with Crippen LogP contribution in [0.5, 0.6) is 0 Å². The minimum atomic E-state index is -3.10. The number of nitrogens with zero attached hydrogens (tertiary/aromatic N) is 1. The number of carbonyl (C=O) groups excluding carboxylic acids is 1. The fraction of sp³-hybridized carbons (Fsp3) is 0.615. The summed E-state index contributed by atoms with van der Waals surface area (Å²) in [5.74, 6) is 0.809. The highest BCUT2D eigenvalue weighted by Crippen LogP contribution is 2.24. The standard InChI is InChI=1S/C13H19NO4S/c1-13(2)10-14(7-9-19(13,16)17)12(15)6-5-11-4-3-8-18-11/h3-4,8H,5-7,9-10H2,1-2H3. The Morgan fingerprint density at radius 3 is 2.79 bits per heavy atom. The predicted octanol–water partition coefficient (Wildman–Crippen LogP) is 1.25. The van der Waals surface area contributed by atoms with Gasteiger partial charge in [-0.1, -0.05) is 0 Å². The highest BCUT2D eigenvalue weighted by Gasteiger charge is 2.41. The number of amides is 1. The van der Waals surface area contributed by atoms with Gasteiger partial charge in [-0.15, -0.1) is 0 Å². The van der Waals surface area contributed by atoms with Crippen molar-refractivity contribution in [1.29, 1.82) is 0 Å². The Morgan fingerprint density at radius 2 is 2.21 bits per heavy atom. The van der Waals surface area contributed by atoms with Crippen molar-refractivity contribution in [2.75, 3.05) is 18.8 Å². The maximum atomic E-state index is 12.1. The highest BCUT2D eigenvalue weighted by molar-refractivity contribution is 7.92. The second-order valence-electron chi connectivity index (χ2n) is 5.47. The highest BCUT2D eigenvalue weighted by atomic mass is 32.2. The monoisotopic (exact) mass is 285 g/mol. The number of rotatable bonds is 3. The lowest BCUT2D eigenvalue weighted by molar-refractivity contribution is -0.131. The van der Waals surface area contributed by atoms with E-state index in [1.807, 2.05) is 6.07 Å². The Labute approximate surface area is 113 Å². The molecule has 6 heteroatoms. The summed E-state index contributed by atoms with van der Waals surface area (Å²) in [6, 6.07) is 3.62. The fourth-order valence-electron chi connectivity index (χ4n) is 2.20. The van der Waals surface area contributed by atoms with Crippen LogP contribution in [0.2, 0.25) is 0 Å². The molecule has 1 amide bonds.